The van der Waals surface area contributed by atoms with Crippen molar-refractivity contribution in [2.75, 3.05) is 26.4 Å². The van der Waals surface area contributed by atoms with Crippen LogP contribution in [0.5, 0.6) is 0 Å². The van der Waals surface area contributed by atoms with Crippen LogP contribution in [0.2, 0.25) is 0 Å². The molecular formula is C33H38N2O6. The summed E-state index contributed by atoms with van der Waals surface area (Å²) in [6.07, 6.45) is 9.18. The van der Waals surface area contributed by atoms with Crippen LogP contribution in [0.3, 0.4) is 0 Å². The number of hydrogen-bond acceptors (Lipinski definition) is 8. The average Bonchev–Trinajstić information content (AvgIpc) is 3.00. The number of aliphatic hydroxyl groups excluding tert-OH is 2. The summed E-state index contributed by atoms with van der Waals surface area (Å²) in [6.45, 7) is 8.49. The standard InChI is InChI=1S/C33H38N2O6/c1-4-5-6-7-27-19-34-31(35-20-27)29-10-8-28(9-11-29)30-17-25(12-14-40-32(38)23(2)21-36)16-26(18-30)13-15-41-33(39)24(3)22-37/h8-11,16-20,36-37H,2-7,12-15,21-22H2,1H3. The number of aliphatic hydroxyl groups is 2. The van der Waals surface area contributed by atoms with Crippen LogP contribution in [0, 0.1) is 0 Å². The molecule has 0 aliphatic rings. The Morgan fingerprint density at radius 1 is 0.707 bits per heavy atom. The zero-order valence-electron chi connectivity index (χ0n) is 23.6. The van der Waals surface area contributed by atoms with Gasteiger partial charge >= 0.3 is 11.9 Å². The van der Waals surface area contributed by atoms with Crippen molar-refractivity contribution in [3.05, 3.63) is 95.9 Å². The van der Waals surface area contributed by atoms with E-state index in [0.717, 1.165) is 46.2 Å². The molecule has 0 aliphatic heterocycles. The molecule has 2 N–H and O–H groups in total. The highest BCUT2D eigenvalue weighted by atomic mass is 16.5. The smallest absolute Gasteiger partial charge is 0.335 e. The van der Waals surface area contributed by atoms with E-state index in [9.17, 15) is 9.59 Å². The molecule has 0 aliphatic carbocycles. The lowest BCUT2D eigenvalue weighted by Gasteiger charge is -2.12. The third kappa shape index (κ3) is 9.77. The summed E-state index contributed by atoms with van der Waals surface area (Å²) in [5, 5.41) is 18.1. The number of ether oxygens (including phenoxy) is 2. The molecule has 0 amide bonds. The molecule has 0 saturated heterocycles. The van der Waals surface area contributed by atoms with Gasteiger partial charge in [-0.1, -0.05) is 75.4 Å². The van der Waals surface area contributed by atoms with Gasteiger partial charge in [0.2, 0.25) is 0 Å². The van der Waals surface area contributed by atoms with Crippen molar-refractivity contribution in [3.63, 3.8) is 0 Å². The summed E-state index contributed by atoms with van der Waals surface area (Å²) >= 11 is 0. The Hall–Kier alpha value is -4.14. The van der Waals surface area contributed by atoms with E-state index in [-0.39, 0.29) is 24.4 Å². The monoisotopic (exact) mass is 558 g/mol. The molecule has 3 rings (SSSR count). The van der Waals surface area contributed by atoms with Crippen molar-refractivity contribution in [3.8, 4) is 22.5 Å². The Balaban J connectivity index is 1.76. The highest BCUT2D eigenvalue weighted by Crippen LogP contribution is 2.26. The van der Waals surface area contributed by atoms with Crippen LogP contribution in [0.15, 0.2) is 79.2 Å². The second-order valence-electron chi connectivity index (χ2n) is 9.78. The van der Waals surface area contributed by atoms with Crippen LogP contribution >= 0.6 is 0 Å². The maximum atomic E-state index is 11.9. The lowest BCUT2D eigenvalue weighted by Crippen LogP contribution is -2.13. The van der Waals surface area contributed by atoms with E-state index in [4.69, 9.17) is 19.7 Å². The number of hydrogen-bond donors (Lipinski definition) is 2. The van der Waals surface area contributed by atoms with Crippen LogP contribution in [0.25, 0.3) is 22.5 Å². The summed E-state index contributed by atoms with van der Waals surface area (Å²) in [5.74, 6) is -0.596. The summed E-state index contributed by atoms with van der Waals surface area (Å²) in [5.41, 5.74) is 5.84. The predicted octanol–water partition coefficient (Wildman–Crippen LogP) is 4.81. The molecule has 1 aromatic heterocycles. The third-order valence-electron chi connectivity index (χ3n) is 6.51. The van der Waals surface area contributed by atoms with Crippen molar-refractivity contribution in [2.45, 2.75) is 45.4 Å². The van der Waals surface area contributed by atoms with Crippen molar-refractivity contribution >= 4 is 11.9 Å². The molecule has 3 aromatic rings. The van der Waals surface area contributed by atoms with Crippen LogP contribution in [0.1, 0.15) is 42.9 Å². The number of unbranched alkanes of at least 4 members (excludes halogenated alkanes) is 2. The first-order chi connectivity index (χ1) is 19.8. The minimum atomic E-state index is -0.633. The molecule has 0 atom stereocenters. The SMILES string of the molecule is C=C(CO)C(=O)OCCc1cc(CCOC(=O)C(=C)CO)cc(-c2ccc(-c3ncc(CCCCC)cn3)cc2)c1. The normalized spacial score (nSPS) is 10.7. The van der Waals surface area contributed by atoms with E-state index in [1.54, 1.807) is 0 Å². The maximum absolute atomic E-state index is 11.9. The molecule has 0 saturated carbocycles. The first-order valence-corrected chi connectivity index (χ1v) is 13.8. The van der Waals surface area contributed by atoms with Crippen LogP contribution in [0.4, 0.5) is 0 Å². The topological polar surface area (TPSA) is 119 Å². The van der Waals surface area contributed by atoms with E-state index >= 15 is 0 Å². The first-order valence-electron chi connectivity index (χ1n) is 13.8. The molecule has 41 heavy (non-hydrogen) atoms. The van der Waals surface area contributed by atoms with E-state index in [0.29, 0.717) is 18.7 Å². The fourth-order valence-corrected chi connectivity index (χ4v) is 4.10. The van der Waals surface area contributed by atoms with Crippen molar-refractivity contribution in [1.29, 1.82) is 0 Å². The largest absolute Gasteiger partial charge is 0.462 e. The minimum Gasteiger partial charge on any atom is -0.462 e. The predicted molar refractivity (Wildman–Crippen MR) is 158 cm³/mol. The quantitative estimate of drug-likeness (QED) is 0.146. The summed E-state index contributed by atoms with van der Waals surface area (Å²) in [4.78, 5) is 32.8. The van der Waals surface area contributed by atoms with Crippen LogP contribution in [-0.4, -0.2) is 58.5 Å². The van der Waals surface area contributed by atoms with Gasteiger partial charge in [-0.25, -0.2) is 19.6 Å². The molecule has 0 bridgehead atoms. The van der Waals surface area contributed by atoms with Gasteiger partial charge in [-0.15, -0.1) is 0 Å². The lowest BCUT2D eigenvalue weighted by atomic mass is 9.96. The van der Waals surface area contributed by atoms with E-state index in [1.807, 2.05) is 54.9 Å². The minimum absolute atomic E-state index is 0.000857. The molecule has 1 heterocycles. The van der Waals surface area contributed by atoms with Gasteiger partial charge in [-0.3, -0.25) is 0 Å². The lowest BCUT2D eigenvalue weighted by molar-refractivity contribution is -0.140. The maximum Gasteiger partial charge on any atom is 0.335 e. The van der Waals surface area contributed by atoms with Gasteiger partial charge < -0.3 is 19.7 Å². The number of esters is 2. The van der Waals surface area contributed by atoms with Gasteiger partial charge in [-0.2, -0.15) is 0 Å². The molecule has 2 aromatic carbocycles. The van der Waals surface area contributed by atoms with E-state index < -0.39 is 25.2 Å². The number of nitrogens with zero attached hydrogens (tertiary/aromatic N) is 2. The zero-order chi connectivity index (χ0) is 29.6. The van der Waals surface area contributed by atoms with E-state index in [1.165, 1.54) is 12.8 Å². The number of rotatable bonds is 16. The van der Waals surface area contributed by atoms with Crippen molar-refractivity contribution in [1.82, 2.24) is 9.97 Å². The molecule has 216 valence electrons. The fraction of sp³-hybridized carbons (Fsp3) is 0.333. The second kappa shape index (κ2) is 16.2. The van der Waals surface area contributed by atoms with Gasteiger partial charge in [0, 0.05) is 30.8 Å². The zero-order valence-corrected chi connectivity index (χ0v) is 23.6. The Labute approximate surface area is 241 Å². The second-order valence-corrected chi connectivity index (χ2v) is 9.78. The number of carbonyl (C=O) groups excluding carboxylic acids is 2. The molecule has 0 unspecified atom stereocenters. The highest BCUT2D eigenvalue weighted by Gasteiger charge is 2.11. The fourth-order valence-electron chi connectivity index (χ4n) is 4.10. The Kier molecular flexibility index (Phi) is 12.4. The highest BCUT2D eigenvalue weighted by molar-refractivity contribution is 5.88. The molecule has 8 heteroatoms. The molecule has 8 nitrogen and oxygen atoms in total. The van der Waals surface area contributed by atoms with Gasteiger partial charge in [0.15, 0.2) is 5.82 Å². The van der Waals surface area contributed by atoms with Gasteiger partial charge in [0.1, 0.15) is 0 Å². The van der Waals surface area contributed by atoms with E-state index in [2.05, 4.69) is 30.0 Å². The summed E-state index contributed by atoms with van der Waals surface area (Å²) in [7, 11) is 0. The Bertz CT molecular complexity index is 1280. The Morgan fingerprint density at radius 3 is 1.71 bits per heavy atom. The summed E-state index contributed by atoms with van der Waals surface area (Å²) in [6, 6.07) is 14.0. The summed E-state index contributed by atoms with van der Waals surface area (Å²) < 4.78 is 10.4. The molecule has 0 fully saturated rings. The number of aryl methyl sites for hydroxylation is 1. The van der Waals surface area contributed by atoms with Gasteiger partial charge in [0.05, 0.1) is 37.6 Å². The number of carbonyl (C=O) groups is 2. The third-order valence-corrected chi connectivity index (χ3v) is 6.51. The van der Waals surface area contributed by atoms with Crippen molar-refractivity contribution < 1.29 is 29.3 Å². The van der Waals surface area contributed by atoms with Crippen LogP contribution < -0.4 is 0 Å². The molecule has 0 spiro atoms. The van der Waals surface area contributed by atoms with Gasteiger partial charge in [-0.05, 0) is 40.7 Å². The van der Waals surface area contributed by atoms with Crippen LogP contribution in [-0.2, 0) is 38.3 Å². The first kappa shape index (κ1) is 31.4. The molecule has 0 radical (unpaired) electrons. The van der Waals surface area contributed by atoms with Gasteiger partial charge in [0.25, 0.3) is 0 Å². The Morgan fingerprint density at radius 2 is 1.22 bits per heavy atom. The number of benzene rings is 2. The number of aromatic nitrogens is 2. The average molecular weight is 559 g/mol. The van der Waals surface area contributed by atoms with Crippen molar-refractivity contribution in [2.24, 2.45) is 0 Å². The molecular weight excluding hydrogens is 520 g/mol.